The smallest absolute Gasteiger partial charge is 0.277 e. The third kappa shape index (κ3) is 4.10. The lowest BCUT2D eigenvalue weighted by Gasteiger charge is -2.12. The number of hydrogen-bond donors (Lipinski definition) is 1. The highest BCUT2D eigenvalue weighted by atomic mass is 32.2. The number of thioether (sulfide) groups is 1. The molecule has 5 nitrogen and oxygen atoms in total. The van der Waals surface area contributed by atoms with E-state index in [4.69, 9.17) is 4.42 Å². The van der Waals surface area contributed by atoms with Crippen LogP contribution in [0.25, 0.3) is 0 Å². The molecule has 2 aromatic rings. The third-order valence-corrected chi connectivity index (χ3v) is 4.00. The molecule has 1 aromatic carbocycles. The maximum Gasteiger partial charge on any atom is 0.277 e. The molecule has 1 aromatic heterocycles. The lowest BCUT2D eigenvalue weighted by molar-refractivity contribution is -0.113. The summed E-state index contributed by atoms with van der Waals surface area (Å²) in [6, 6.07) is 4.12. The average molecular weight is 319 g/mol. The fourth-order valence-corrected chi connectivity index (χ4v) is 2.76. The molecule has 1 amide bonds. The molecule has 0 aliphatic carbocycles. The monoisotopic (exact) mass is 319 g/mol. The first kappa shape index (κ1) is 16.5. The third-order valence-electron chi connectivity index (χ3n) is 3.18. The van der Waals surface area contributed by atoms with Crippen molar-refractivity contribution in [3.8, 4) is 0 Å². The molecule has 0 aliphatic heterocycles. The number of carbonyl (C=O) groups is 1. The minimum atomic E-state index is -0.0793. The van der Waals surface area contributed by atoms with E-state index in [1.807, 2.05) is 34.6 Å². The summed E-state index contributed by atoms with van der Waals surface area (Å²) in [6.07, 6.45) is 0. The van der Waals surface area contributed by atoms with E-state index >= 15 is 0 Å². The zero-order chi connectivity index (χ0) is 16.3. The summed E-state index contributed by atoms with van der Waals surface area (Å²) in [6.45, 7) is 10.0. The van der Waals surface area contributed by atoms with Gasteiger partial charge >= 0.3 is 0 Å². The summed E-state index contributed by atoms with van der Waals surface area (Å²) in [5.41, 5.74) is 4.20. The van der Waals surface area contributed by atoms with Crippen LogP contribution in [-0.2, 0) is 4.79 Å². The second-order valence-electron chi connectivity index (χ2n) is 5.67. The zero-order valence-corrected chi connectivity index (χ0v) is 14.4. The van der Waals surface area contributed by atoms with Crippen LogP contribution in [-0.4, -0.2) is 21.9 Å². The number of aromatic nitrogens is 2. The summed E-state index contributed by atoms with van der Waals surface area (Å²) < 4.78 is 5.47. The van der Waals surface area contributed by atoms with E-state index in [1.54, 1.807) is 0 Å². The highest BCUT2D eigenvalue weighted by Gasteiger charge is 2.13. The normalized spacial score (nSPS) is 11.0. The molecule has 0 spiro atoms. The van der Waals surface area contributed by atoms with E-state index in [9.17, 15) is 4.79 Å². The van der Waals surface area contributed by atoms with E-state index in [1.165, 1.54) is 17.3 Å². The standard InChI is InChI=1S/C16H21N3O2S/c1-9(2)15-18-19-16(21-15)22-8-13(20)17-14-11(4)6-10(3)7-12(14)5/h6-7,9H,8H2,1-5H3,(H,17,20). The zero-order valence-electron chi connectivity index (χ0n) is 13.6. The number of hydrogen-bond acceptors (Lipinski definition) is 5. The first-order valence-corrected chi connectivity index (χ1v) is 8.19. The largest absolute Gasteiger partial charge is 0.416 e. The number of rotatable bonds is 5. The predicted octanol–water partition coefficient (Wildman–Crippen LogP) is 3.85. The summed E-state index contributed by atoms with van der Waals surface area (Å²) in [5, 5.41) is 11.3. The Balaban J connectivity index is 1.96. The Kier molecular flexibility index (Phi) is 5.24. The quantitative estimate of drug-likeness (QED) is 0.848. The molecule has 118 valence electrons. The molecule has 0 saturated heterocycles. The van der Waals surface area contributed by atoms with E-state index in [2.05, 4.69) is 27.6 Å². The van der Waals surface area contributed by atoms with Gasteiger partial charge in [-0.05, 0) is 31.9 Å². The van der Waals surface area contributed by atoms with E-state index in [0.29, 0.717) is 11.1 Å². The van der Waals surface area contributed by atoms with E-state index in [-0.39, 0.29) is 17.6 Å². The Morgan fingerprint density at radius 1 is 1.23 bits per heavy atom. The van der Waals surface area contributed by atoms with Crippen LogP contribution in [0.5, 0.6) is 0 Å². The van der Waals surface area contributed by atoms with Gasteiger partial charge in [-0.3, -0.25) is 4.79 Å². The second-order valence-corrected chi connectivity index (χ2v) is 6.60. The lowest BCUT2D eigenvalue weighted by atomic mass is 10.1. The Morgan fingerprint density at radius 3 is 2.41 bits per heavy atom. The Hall–Kier alpha value is -1.82. The molecule has 2 rings (SSSR count). The van der Waals surface area contributed by atoms with Crippen LogP contribution in [0.3, 0.4) is 0 Å². The number of benzene rings is 1. The molecule has 0 fully saturated rings. The Bertz CT molecular complexity index is 657. The van der Waals surface area contributed by atoms with E-state index < -0.39 is 0 Å². The van der Waals surface area contributed by atoms with Crippen LogP contribution in [0.4, 0.5) is 5.69 Å². The SMILES string of the molecule is Cc1cc(C)c(NC(=O)CSc2nnc(C(C)C)o2)c(C)c1. The number of aryl methyl sites for hydroxylation is 3. The molecule has 6 heteroatoms. The summed E-state index contributed by atoms with van der Waals surface area (Å²) >= 11 is 1.25. The highest BCUT2D eigenvalue weighted by molar-refractivity contribution is 7.99. The molecule has 22 heavy (non-hydrogen) atoms. The summed E-state index contributed by atoms with van der Waals surface area (Å²) in [7, 11) is 0. The van der Waals surface area contributed by atoms with Gasteiger partial charge in [0.25, 0.3) is 5.22 Å². The first-order chi connectivity index (χ1) is 10.4. The van der Waals surface area contributed by atoms with Gasteiger partial charge in [0.05, 0.1) is 5.75 Å². The van der Waals surface area contributed by atoms with Crippen LogP contribution < -0.4 is 5.32 Å². The van der Waals surface area contributed by atoms with Crippen molar-refractivity contribution in [3.63, 3.8) is 0 Å². The second kappa shape index (κ2) is 6.96. The van der Waals surface area contributed by atoms with Crippen LogP contribution in [0.15, 0.2) is 21.8 Å². The van der Waals surface area contributed by atoms with Crippen molar-refractivity contribution < 1.29 is 9.21 Å². The number of amides is 1. The molecule has 0 atom stereocenters. The lowest BCUT2D eigenvalue weighted by Crippen LogP contribution is -2.15. The molecular formula is C16H21N3O2S. The van der Waals surface area contributed by atoms with Gasteiger partial charge in [-0.25, -0.2) is 0 Å². The molecule has 0 saturated carbocycles. The van der Waals surface area contributed by atoms with Crippen LogP contribution >= 0.6 is 11.8 Å². The van der Waals surface area contributed by atoms with Gasteiger partial charge in [0, 0.05) is 11.6 Å². The van der Waals surface area contributed by atoms with Crippen molar-refractivity contribution in [2.45, 2.75) is 45.8 Å². The van der Waals surface area contributed by atoms with Crippen LogP contribution in [0.2, 0.25) is 0 Å². The summed E-state index contributed by atoms with van der Waals surface area (Å²) in [5.74, 6) is 0.943. The minimum absolute atomic E-state index is 0.0793. The van der Waals surface area contributed by atoms with Gasteiger partial charge in [-0.1, -0.05) is 43.3 Å². The molecule has 0 radical (unpaired) electrons. The average Bonchev–Trinajstić information content (AvgIpc) is 2.89. The van der Waals surface area contributed by atoms with Gasteiger partial charge in [-0.2, -0.15) is 0 Å². The fraction of sp³-hybridized carbons (Fsp3) is 0.438. The Labute approximate surface area is 134 Å². The van der Waals surface area contributed by atoms with Crippen LogP contribution in [0, 0.1) is 20.8 Å². The maximum absolute atomic E-state index is 12.1. The number of nitrogens with zero attached hydrogens (tertiary/aromatic N) is 2. The van der Waals surface area contributed by atoms with Crippen molar-refractivity contribution in [1.29, 1.82) is 0 Å². The molecule has 0 bridgehead atoms. The molecule has 1 N–H and O–H groups in total. The predicted molar refractivity (Wildman–Crippen MR) is 88.4 cm³/mol. The molecular weight excluding hydrogens is 298 g/mol. The van der Waals surface area contributed by atoms with Gasteiger partial charge in [0.15, 0.2) is 0 Å². The van der Waals surface area contributed by atoms with E-state index in [0.717, 1.165) is 16.8 Å². The number of nitrogens with one attached hydrogen (secondary N) is 1. The number of carbonyl (C=O) groups excluding carboxylic acids is 1. The van der Waals surface area contributed by atoms with Crippen molar-refractivity contribution in [1.82, 2.24) is 10.2 Å². The summed E-state index contributed by atoms with van der Waals surface area (Å²) in [4.78, 5) is 12.1. The molecule has 0 aliphatic rings. The number of anilines is 1. The topological polar surface area (TPSA) is 68.0 Å². The Morgan fingerprint density at radius 2 is 1.86 bits per heavy atom. The van der Waals surface area contributed by atoms with Crippen molar-refractivity contribution >= 4 is 23.4 Å². The highest BCUT2D eigenvalue weighted by Crippen LogP contribution is 2.23. The molecule has 1 heterocycles. The van der Waals surface area contributed by atoms with Gasteiger partial charge in [0.2, 0.25) is 11.8 Å². The van der Waals surface area contributed by atoms with Crippen molar-refractivity contribution in [3.05, 3.63) is 34.7 Å². The first-order valence-electron chi connectivity index (χ1n) is 7.20. The van der Waals surface area contributed by atoms with Gasteiger partial charge in [-0.15, -0.1) is 10.2 Å². The fourth-order valence-electron chi connectivity index (χ4n) is 2.19. The van der Waals surface area contributed by atoms with Gasteiger partial charge in [0.1, 0.15) is 0 Å². The maximum atomic E-state index is 12.1. The van der Waals surface area contributed by atoms with Crippen LogP contribution in [0.1, 0.15) is 42.3 Å². The van der Waals surface area contributed by atoms with Crippen molar-refractivity contribution in [2.75, 3.05) is 11.1 Å². The van der Waals surface area contributed by atoms with Gasteiger partial charge < -0.3 is 9.73 Å². The minimum Gasteiger partial charge on any atom is -0.416 e. The molecule has 0 unspecified atom stereocenters. The van der Waals surface area contributed by atoms with Crippen molar-refractivity contribution in [2.24, 2.45) is 0 Å².